The van der Waals surface area contributed by atoms with Crippen LogP contribution in [0, 0.1) is 12.7 Å². The number of sulfonamides is 1. The van der Waals surface area contributed by atoms with Crippen molar-refractivity contribution in [3.05, 3.63) is 78.0 Å². The maximum absolute atomic E-state index is 14.2. The third-order valence-corrected chi connectivity index (χ3v) is 7.38. The van der Waals surface area contributed by atoms with Crippen molar-refractivity contribution in [1.82, 2.24) is 9.62 Å². The van der Waals surface area contributed by atoms with E-state index in [1.54, 1.807) is 50.6 Å². The Morgan fingerprint density at radius 2 is 1.85 bits per heavy atom. The van der Waals surface area contributed by atoms with E-state index in [2.05, 4.69) is 9.62 Å². The summed E-state index contributed by atoms with van der Waals surface area (Å²) in [6.07, 6.45) is 1.58. The zero-order valence-electron chi connectivity index (χ0n) is 18.7. The Kier molecular flexibility index (Phi) is 7.02. The van der Waals surface area contributed by atoms with E-state index in [4.69, 9.17) is 9.15 Å². The maximum atomic E-state index is 14.2. The van der Waals surface area contributed by atoms with Crippen LogP contribution in [0.3, 0.4) is 0 Å². The van der Waals surface area contributed by atoms with Gasteiger partial charge in [-0.2, -0.15) is 0 Å². The predicted octanol–water partition coefficient (Wildman–Crippen LogP) is 3.58. The lowest BCUT2D eigenvalue weighted by Gasteiger charge is -2.39. The van der Waals surface area contributed by atoms with E-state index in [1.165, 1.54) is 12.1 Å². The number of rotatable bonds is 8. The Bertz CT molecular complexity index is 1180. The van der Waals surface area contributed by atoms with Crippen LogP contribution < -0.4 is 14.4 Å². The second-order valence-electron chi connectivity index (χ2n) is 7.99. The molecule has 1 aliphatic heterocycles. The fraction of sp³-hybridized carbons (Fsp3) is 0.333. The molecule has 0 bridgehead atoms. The average molecular weight is 474 g/mol. The molecule has 1 N–H and O–H groups in total. The van der Waals surface area contributed by atoms with Gasteiger partial charge in [-0.05, 0) is 55.0 Å². The zero-order chi connectivity index (χ0) is 23.4. The lowest BCUT2D eigenvalue weighted by molar-refractivity contribution is 0.166. The van der Waals surface area contributed by atoms with E-state index in [-0.39, 0.29) is 23.3 Å². The first kappa shape index (κ1) is 23.3. The molecular formula is C24H28FN3O4S. The van der Waals surface area contributed by atoms with Gasteiger partial charge >= 0.3 is 0 Å². The lowest BCUT2D eigenvalue weighted by atomic mass is 10.1. The van der Waals surface area contributed by atoms with E-state index in [0.717, 1.165) is 5.56 Å². The number of halogens is 1. The summed E-state index contributed by atoms with van der Waals surface area (Å²) < 4.78 is 53.7. The summed E-state index contributed by atoms with van der Waals surface area (Å²) in [6, 6.07) is 14.9. The monoisotopic (exact) mass is 473 g/mol. The van der Waals surface area contributed by atoms with Crippen LogP contribution in [0.5, 0.6) is 5.75 Å². The van der Waals surface area contributed by atoms with E-state index >= 15 is 0 Å². The maximum Gasteiger partial charge on any atom is 0.240 e. The molecule has 1 aromatic heterocycles. The summed E-state index contributed by atoms with van der Waals surface area (Å²) in [5, 5.41) is 0. The average Bonchev–Trinajstić information content (AvgIpc) is 3.34. The molecular weight excluding hydrogens is 445 g/mol. The first-order chi connectivity index (χ1) is 15.9. The Morgan fingerprint density at radius 3 is 2.48 bits per heavy atom. The van der Waals surface area contributed by atoms with Crippen molar-refractivity contribution in [1.29, 1.82) is 0 Å². The number of nitrogens with one attached hydrogen (secondary N) is 1. The molecule has 1 saturated heterocycles. The van der Waals surface area contributed by atoms with Crippen LogP contribution in [0.25, 0.3) is 0 Å². The molecule has 1 atom stereocenters. The van der Waals surface area contributed by atoms with Gasteiger partial charge in [0.05, 0.1) is 30.0 Å². The van der Waals surface area contributed by atoms with Crippen molar-refractivity contribution in [2.45, 2.75) is 17.9 Å². The highest BCUT2D eigenvalue weighted by molar-refractivity contribution is 7.89. The van der Waals surface area contributed by atoms with Gasteiger partial charge in [0.25, 0.3) is 0 Å². The minimum Gasteiger partial charge on any atom is -0.496 e. The van der Waals surface area contributed by atoms with Crippen LogP contribution in [-0.2, 0) is 10.0 Å². The number of anilines is 1. The van der Waals surface area contributed by atoms with Crippen LogP contribution in [-0.4, -0.2) is 53.2 Å². The molecule has 33 heavy (non-hydrogen) atoms. The number of aryl methyl sites for hydroxylation is 1. The van der Waals surface area contributed by atoms with Crippen molar-refractivity contribution in [2.24, 2.45) is 0 Å². The number of furan rings is 1. The van der Waals surface area contributed by atoms with Crippen molar-refractivity contribution in [3.63, 3.8) is 0 Å². The molecule has 0 spiro atoms. The Balaban J connectivity index is 1.47. The number of piperazine rings is 1. The normalized spacial score (nSPS) is 16.0. The minimum atomic E-state index is -3.73. The molecule has 7 nitrogen and oxygen atoms in total. The molecule has 0 unspecified atom stereocenters. The zero-order valence-corrected chi connectivity index (χ0v) is 19.5. The van der Waals surface area contributed by atoms with E-state index in [0.29, 0.717) is 43.4 Å². The summed E-state index contributed by atoms with van der Waals surface area (Å²) in [5.74, 6) is 1.08. The van der Waals surface area contributed by atoms with Gasteiger partial charge < -0.3 is 14.1 Å². The number of benzene rings is 2. The van der Waals surface area contributed by atoms with Gasteiger partial charge in [-0.25, -0.2) is 17.5 Å². The lowest BCUT2D eigenvalue weighted by Crippen LogP contribution is -2.50. The number of methoxy groups -OCH3 is 1. The molecule has 0 aliphatic carbocycles. The van der Waals surface area contributed by atoms with Gasteiger partial charge in [-0.3, -0.25) is 4.90 Å². The molecule has 0 amide bonds. The van der Waals surface area contributed by atoms with E-state index in [1.807, 2.05) is 17.0 Å². The van der Waals surface area contributed by atoms with Crippen molar-refractivity contribution in [3.8, 4) is 5.75 Å². The van der Waals surface area contributed by atoms with Gasteiger partial charge in [-0.15, -0.1) is 0 Å². The van der Waals surface area contributed by atoms with Crippen molar-refractivity contribution >= 4 is 15.7 Å². The first-order valence-electron chi connectivity index (χ1n) is 10.8. The van der Waals surface area contributed by atoms with Gasteiger partial charge in [0.1, 0.15) is 17.3 Å². The number of hydrogen-bond donors (Lipinski definition) is 1. The van der Waals surface area contributed by atoms with Gasteiger partial charge in [0, 0.05) is 32.7 Å². The molecule has 0 saturated carbocycles. The van der Waals surface area contributed by atoms with Gasteiger partial charge in [0.2, 0.25) is 10.0 Å². The highest BCUT2D eigenvalue weighted by Gasteiger charge is 2.29. The molecule has 3 aromatic rings. The molecule has 1 aliphatic rings. The molecule has 0 radical (unpaired) electrons. The SMILES string of the molecule is COc1ccc(S(=O)(=O)NC[C@@H](c2ccco2)N2CCN(c3ccccc3F)CC2)cc1C. The van der Waals surface area contributed by atoms with Crippen LogP contribution in [0.2, 0.25) is 0 Å². The fourth-order valence-electron chi connectivity index (χ4n) is 4.16. The second-order valence-corrected chi connectivity index (χ2v) is 9.76. The minimum absolute atomic E-state index is 0.153. The molecule has 1 fully saturated rings. The summed E-state index contributed by atoms with van der Waals surface area (Å²) in [4.78, 5) is 4.36. The highest BCUT2D eigenvalue weighted by Crippen LogP contribution is 2.27. The number of nitrogens with zero attached hydrogens (tertiary/aromatic N) is 2. The number of ether oxygens (including phenoxy) is 1. The van der Waals surface area contributed by atoms with Gasteiger partial charge in [0.15, 0.2) is 0 Å². The van der Waals surface area contributed by atoms with Crippen molar-refractivity contribution in [2.75, 3.05) is 44.7 Å². The molecule has 9 heteroatoms. The summed E-state index contributed by atoms with van der Waals surface area (Å²) in [7, 11) is -2.18. The topological polar surface area (TPSA) is 75.0 Å². The standard InChI is InChI=1S/C24H28FN3O4S/c1-18-16-19(9-10-23(18)31-2)33(29,30)26-17-22(24-8-5-15-32-24)28-13-11-27(12-14-28)21-7-4-3-6-20(21)25/h3-10,15-16,22,26H,11-14,17H2,1-2H3/t22-/m0/s1. The number of hydrogen-bond acceptors (Lipinski definition) is 6. The van der Waals surface area contributed by atoms with E-state index < -0.39 is 10.0 Å². The number of para-hydroxylation sites is 1. The molecule has 2 heterocycles. The van der Waals surface area contributed by atoms with E-state index in [9.17, 15) is 12.8 Å². The van der Waals surface area contributed by atoms with Crippen molar-refractivity contribution < 1.29 is 22.0 Å². The second kappa shape index (κ2) is 9.94. The quantitative estimate of drug-likeness (QED) is 0.539. The third kappa shape index (κ3) is 5.21. The Labute approximate surface area is 193 Å². The predicted molar refractivity (Wildman–Crippen MR) is 125 cm³/mol. The third-order valence-electron chi connectivity index (χ3n) is 5.96. The summed E-state index contributed by atoms with van der Waals surface area (Å²) in [5.41, 5.74) is 1.33. The fourth-order valence-corrected chi connectivity index (χ4v) is 5.29. The Morgan fingerprint density at radius 1 is 1.09 bits per heavy atom. The van der Waals surface area contributed by atoms with Crippen LogP contribution >= 0.6 is 0 Å². The largest absolute Gasteiger partial charge is 0.496 e. The molecule has 176 valence electrons. The summed E-state index contributed by atoms with van der Waals surface area (Å²) in [6.45, 7) is 4.50. The first-order valence-corrected chi connectivity index (χ1v) is 12.3. The Hall–Kier alpha value is -2.88. The van der Waals surface area contributed by atoms with Crippen LogP contribution in [0.1, 0.15) is 17.4 Å². The molecule has 4 rings (SSSR count). The molecule has 2 aromatic carbocycles. The van der Waals surface area contributed by atoms with Gasteiger partial charge in [-0.1, -0.05) is 12.1 Å². The van der Waals surface area contributed by atoms with Crippen LogP contribution in [0.4, 0.5) is 10.1 Å². The smallest absolute Gasteiger partial charge is 0.240 e. The summed E-state index contributed by atoms with van der Waals surface area (Å²) >= 11 is 0. The highest BCUT2D eigenvalue weighted by atomic mass is 32.2. The van der Waals surface area contributed by atoms with Crippen LogP contribution in [0.15, 0.2) is 70.2 Å².